The van der Waals surface area contributed by atoms with Gasteiger partial charge in [0.2, 0.25) is 0 Å². The summed E-state index contributed by atoms with van der Waals surface area (Å²) in [5, 5.41) is 4.40. The lowest BCUT2D eigenvalue weighted by molar-refractivity contribution is 0.0724. The number of nitrogens with zero attached hydrogens (tertiary/aromatic N) is 3. The van der Waals surface area contributed by atoms with Crippen molar-refractivity contribution in [2.24, 2.45) is 0 Å². The number of halogens is 1. The number of likely N-dealkylation sites (tertiary alicyclic amines) is 1. The summed E-state index contributed by atoms with van der Waals surface area (Å²) in [5.41, 5.74) is 1.88. The van der Waals surface area contributed by atoms with Gasteiger partial charge in [-0.3, -0.25) is 4.79 Å². The number of carbonyl (C=O) groups excluding carboxylic acids is 1. The van der Waals surface area contributed by atoms with Gasteiger partial charge >= 0.3 is 0 Å². The minimum Gasteiger partial charge on any atom is -0.490 e. The lowest BCUT2D eigenvalue weighted by Crippen LogP contribution is -2.46. The molecule has 0 radical (unpaired) electrons. The van der Waals surface area contributed by atoms with E-state index in [0.29, 0.717) is 6.04 Å². The fourth-order valence-electron chi connectivity index (χ4n) is 4.74. The number of hydrogen-bond acceptors (Lipinski definition) is 4. The molecule has 172 valence electrons. The zero-order valence-corrected chi connectivity index (χ0v) is 20.1. The molecule has 4 rings (SSSR count). The Hall–Kier alpha value is -1.76. The maximum atomic E-state index is 13.2. The van der Waals surface area contributed by atoms with Crippen molar-refractivity contribution in [1.29, 1.82) is 0 Å². The Labute approximate surface area is 192 Å². The van der Waals surface area contributed by atoms with Crippen LogP contribution in [-0.4, -0.2) is 71.7 Å². The van der Waals surface area contributed by atoms with Crippen molar-refractivity contribution in [3.05, 3.63) is 30.0 Å². The van der Waals surface area contributed by atoms with Gasteiger partial charge in [-0.1, -0.05) is 0 Å². The molecule has 7 heteroatoms. The van der Waals surface area contributed by atoms with Crippen molar-refractivity contribution in [3.8, 4) is 5.75 Å². The van der Waals surface area contributed by atoms with Gasteiger partial charge in [0, 0.05) is 62.3 Å². The van der Waals surface area contributed by atoms with E-state index in [-0.39, 0.29) is 30.5 Å². The van der Waals surface area contributed by atoms with Crippen LogP contribution in [-0.2, 0) is 0 Å². The smallest absolute Gasteiger partial charge is 0.270 e. The molecule has 2 aliphatic rings. The number of carbonyl (C=O) groups is 1. The first kappa shape index (κ1) is 23.9. The first-order valence-electron chi connectivity index (χ1n) is 11.5. The van der Waals surface area contributed by atoms with Gasteiger partial charge in [0.15, 0.2) is 0 Å². The van der Waals surface area contributed by atoms with E-state index in [1.807, 2.05) is 11.0 Å². The van der Waals surface area contributed by atoms with Crippen LogP contribution in [0.15, 0.2) is 24.3 Å². The van der Waals surface area contributed by atoms with Crippen LogP contribution in [0, 0.1) is 0 Å². The molecule has 0 bridgehead atoms. The average Bonchev–Trinajstić information content (AvgIpc) is 3.13. The molecule has 6 nitrogen and oxygen atoms in total. The van der Waals surface area contributed by atoms with E-state index in [4.69, 9.17) is 4.74 Å². The number of piperazine rings is 1. The molecular weight excluding hydrogens is 412 g/mol. The quantitative estimate of drug-likeness (QED) is 0.752. The highest BCUT2D eigenvalue weighted by Crippen LogP contribution is 2.30. The Bertz CT molecular complexity index is 881. The highest BCUT2D eigenvalue weighted by Gasteiger charge is 2.25. The molecule has 0 spiro atoms. The molecule has 31 heavy (non-hydrogen) atoms. The summed E-state index contributed by atoms with van der Waals surface area (Å²) in [6.45, 7) is 14.2. The third-order valence-electron chi connectivity index (χ3n) is 6.46. The maximum Gasteiger partial charge on any atom is 0.270 e. The zero-order valence-electron chi connectivity index (χ0n) is 19.3. The molecule has 1 amide bonds. The van der Waals surface area contributed by atoms with Gasteiger partial charge < -0.3 is 24.4 Å². The van der Waals surface area contributed by atoms with Gasteiger partial charge in [-0.05, 0) is 64.8 Å². The molecule has 0 unspecified atom stereocenters. The van der Waals surface area contributed by atoms with Crippen LogP contribution >= 0.6 is 12.4 Å². The summed E-state index contributed by atoms with van der Waals surface area (Å²) >= 11 is 0. The predicted octanol–water partition coefficient (Wildman–Crippen LogP) is 3.94. The van der Waals surface area contributed by atoms with Gasteiger partial charge in [0.25, 0.3) is 5.91 Å². The van der Waals surface area contributed by atoms with Crippen LogP contribution in [0.4, 0.5) is 0 Å². The van der Waals surface area contributed by atoms with Gasteiger partial charge in [-0.25, -0.2) is 0 Å². The van der Waals surface area contributed by atoms with Crippen LogP contribution in [0.3, 0.4) is 0 Å². The van der Waals surface area contributed by atoms with Gasteiger partial charge in [0.05, 0.1) is 0 Å². The Balaban J connectivity index is 0.00000272. The lowest BCUT2D eigenvalue weighted by Gasteiger charge is -2.34. The van der Waals surface area contributed by atoms with Crippen LogP contribution in [0.2, 0.25) is 0 Å². The minimum absolute atomic E-state index is 0. The fourth-order valence-corrected chi connectivity index (χ4v) is 4.74. The van der Waals surface area contributed by atoms with E-state index in [1.165, 1.54) is 0 Å². The zero-order chi connectivity index (χ0) is 21.3. The Morgan fingerprint density at radius 3 is 2.29 bits per heavy atom. The molecule has 2 aliphatic heterocycles. The number of rotatable bonds is 5. The number of piperidine rings is 1. The largest absolute Gasteiger partial charge is 0.490 e. The number of aromatic nitrogens is 1. The van der Waals surface area contributed by atoms with E-state index in [2.05, 4.69) is 60.7 Å². The fraction of sp³-hybridized carbons (Fsp3) is 0.625. The van der Waals surface area contributed by atoms with Crippen molar-refractivity contribution in [1.82, 2.24) is 19.7 Å². The molecule has 1 aromatic carbocycles. The molecule has 0 atom stereocenters. The van der Waals surface area contributed by atoms with Crippen molar-refractivity contribution in [2.75, 3.05) is 39.3 Å². The summed E-state index contributed by atoms with van der Waals surface area (Å²) in [5.74, 6) is 1.04. The van der Waals surface area contributed by atoms with Crippen molar-refractivity contribution in [2.45, 2.75) is 58.7 Å². The van der Waals surface area contributed by atoms with Gasteiger partial charge in [0.1, 0.15) is 17.5 Å². The molecule has 1 aromatic heterocycles. The molecule has 1 N–H and O–H groups in total. The highest BCUT2D eigenvalue weighted by molar-refractivity contribution is 5.99. The number of nitrogens with one attached hydrogen (secondary N) is 1. The van der Waals surface area contributed by atoms with Crippen LogP contribution in [0.1, 0.15) is 57.1 Å². The molecule has 2 saturated heterocycles. The van der Waals surface area contributed by atoms with Gasteiger partial charge in [-0.2, -0.15) is 0 Å². The molecule has 0 saturated carbocycles. The number of hydrogen-bond donors (Lipinski definition) is 1. The Morgan fingerprint density at radius 2 is 1.68 bits per heavy atom. The summed E-state index contributed by atoms with van der Waals surface area (Å²) in [4.78, 5) is 17.7. The molecular formula is C24H37ClN4O2. The number of ether oxygens (including phenoxy) is 1. The van der Waals surface area contributed by atoms with Crippen molar-refractivity contribution < 1.29 is 9.53 Å². The maximum absolute atomic E-state index is 13.2. The van der Waals surface area contributed by atoms with E-state index in [0.717, 1.165) is 74.5 Å². The first-order valence-corrected chi connectivity index (χ1v) is 11.5. The number of fused-ring (bicyclic) bond motifs is 1. The number of benzene rings is 1. The lowest BCUT2D eigenvalue weighted by atomic mass is 10.1. The van der Waals surface area contributed by atoms with Crippen LogP contribution in [0.5, 0.6) is 5.75 Å². The van der Waals surface area contributed by atoms with Crippen LogP contribution in [0.25, 0.3) is 10.9 Å². The van der Waals surface area contributed by atoms with Crippen LogP contribution < -0.4 is 10.1 Å². The van der Waals surface area contributed by atoms with E-state index in [9.17, 15) is 4.79 Å². The third kappa shape index (κ3) is 5.18. The Morgan fingerprint density at radius 1 is 1.00 bits per heavy atom. The first-order chi connectivity index (χ1) is 14.4. The molecule has 3 heterocycles. The monoisotopic (exact) mass is 448 g/mol. The SMILES string of the molecule is CC(C)N1CCC(Oc2ccc3c(c2)cc(C(=O)N2CCNCC2)n3C(C)C)CC1.Cl. The summed E-state index contributed by atoms with van der Waals surface area (Å²) < 4.78 is 8.51. The Kier molecular flexibility index (Phi) is 7.89. The normalized spacial score (nSPS) is 18.6. The van der Waals surface area contributed by atoms with Crippen molar-refractivity contribution in [3.63, 3.8) is 0 Å². The summed E-state index contributed by atoms with van der Waals surface area (Å²) in [6.07, 6.45) is 2.40. The topological polar surface area (TPSA) is 49.7 Å². The minimum atomic E-state index is 0. The average molecular weight is 449 g/mol. The van der Waals surface area contributed by atoms with E-state index >= 15 is 0 Å². The second-order valence-corrected chi connectivity index (χ2v) is 9.20. The molecule has 2 aromatic rings. The van der Waals surface area contributed by atoms with E-state index < -0.39 is 0 Å². The summed E-state index contributed by atoms with van der Waals surface area (Å²) in [7, 11) is 0. The second kappa shape index (κ2) is 10.2. The van der Waals surface area contributed by atoms with Crippen molar-refractivity contribution >= 4 is 29.2 Å². The molecule has 2 fully saturated rings. The third-order valence-corrected chi connectivity index (χ3v) is 6.46. The van der Waals surface area contributed by atoms with E-state index in [1.54, 1.807) is 0 Å². The van der Waals surface area contributed by atoms with Gasteiger partial charge in [-0.15, -0.1) is 12.4 Å². The predicted molar refractivity (Wildman–Crippen MR) is 129 cm³/mol. The molecule has 0 aliphatic carbocycles. The summed E-state index contributed by atoms with van der Waals surface area (Å²) in [6, 6.07) is 9.16. The second-order valence-electron chi connectivity index (χ2n) is 9.20. The highest BCUT2D eigenvalue weighted by atomic mass is 35.5. The number of amides is 1. The standard InChI is InChI=1S/C24H36N4O2.ClH/c1-17(2)26-11-7-20(8-12-26)30-21-5-6-22-19(15-21)16-23(28(22)18(3)4)24(29)27-13-9-25-10-14-27;/h5-6,15-18,20,25H,7-14H2,1-4H3;1H.